The third kappa shape index (κ3) is 7.56. The van der Waals surface area contributed by atoms with Crippen LogP contribution in [0.1, 0.15) is 25.0 Å². The number of esters is 2. The maximum absolute atomic E-state index is 11.8. The first-order valence-electron chi connectivity index (χ1n) is 9.65. The van der Waals surface area contributed by atoms with E-state index in [0.29, 0.717) is 0 Å². The number of rotatable bonds is 10. The Hall–Kier alpha value is -4.20. The predicted octanol–water partition coefficient (Wildman–Crippen LogP) is 4.74. The van der Waals surface area contributed by atoms with Gasteiger partial charge in [-0.1, -0.05) is 37.4 Å². The van der Waals surface area contributed by atoms with E-state index in [0.717, 1.165) is 16.8 Å². The molecule has 0 heterocycles. The molecule has 2 aromatic rings. The molecule has 0 saturated carbocycles. The summed E-state index contributed by atoms with van der Waals surface area (Å²) >= 11 is 0. The average Bonchev–Trinajstić information content (AvgIpc) is 2.76. The van der Waals surface area contributed by atoms with Crippen molar-refractivity contribution in [3.05, 3.63) is 94.1 Å². The number of nitro groups is 1. The van der Waals surface area contributed by atoms with E-state index < -0.39 is 23.2 Å². The standard InChI is InChI=1S/C24H24N2O6/c1-16(2)23(27)31-22(32-24(28)17(3)4)15-25-20-11-7-18(8-12-20)5-6-19-9-13-21(14-10-19)26(29)30/h5-14,22,25H,1,3,15H2,2,4H3. The van der Waals surface area contributed by atoms with Crippen LogP contribution >= 0.6 is 0 Å². The van der Waals surface area contributed by atoms with Crippen molar-refractivity contribution in [2.24, 2.45) is 0 Å². The normalized spacial score (nSPS) is 10.6. The maximum Gasteiger partial charge on any atom is 0.336 e. The number of nitrogens with zero attached hydrogens (tertiary/aromatic N) is 1. The van der Waals surface area contributed by atoms with Crippen LogP contribution in [0.4, 0.5) is 11.4 Å². The fraction of sp³-hybridized carbons (Fsp3) is 0.167. The van der Waals surface area contributed by atoms with Crippen LogP contribution in [0.15, 0.2) is 72.8 Å². The molecule has 0 bridgehead atoms. The molecule has 0 amide bonds. The molecule has 0 aromatic heterocycles. The molecule has 1 N–H and O–H groups in total. The summed E-state index contributed by atoms with van der Waals surface area (Å²) in [6.07, 6.45) is 2.57. The number of nitrogens with one attached hydrogen (secondary N) is 1. The summed E-state index contributed by atoms with van der Waals surface area (Å²) in [5.74, 6) is -1.34. The molecule has 8 heteroatoms. The van der Waals surface area contributed by atoms with Crippen molar-refractivity contribution in [3.63, 3.8) is 0 Å². The van der Waals surface area contributed by atoms with Crippen LogP contribution in [0, 0.1) is 10.1 Å². The average molecular weight is 436 g/mol. The van der Waals surface area contributed by atoms with Crippen LogP contribution in [0.3, 0.4) is 0 Å². The van der Waals surface area contributed by atoms with E-state index in [-0.39, 0.29) is 23.4 Å². The zero-order chi connectivity index (χ0) is 23.7. The summed E-state index contributed by atoms with van der Waals surface area (Å²) in [6, 6.07) is 13.6. The molecular formula is C24H24N2O6. The number of ether oxygens (including phenoxy) is 2. The Labute approximate surface area is 186 Å². The van der Waals surface area contributed by atoms with Crippen molar-refractivity contribution in [2.75, 3.05) is 11.9 Å². The lowest BCUT2D eigenvalue weighted by atomic mass is 10.1. The molecule has 0 atom stereocenters. The highest BCUT2D eigenvalue weighted by molar-refractivity contribution is 5.88. The van der Waals surface area contributed by atoms with Crippen molar-refractivity contribution >= 4 is 35.5 Å². The largest absolute Gasteiger partial charge is 0.420 e. The van der Waals surface area contributed by atoms with Gasteiger partial charge in [0.15, 0.2) is 0 Å². The van der Waals surface area contributed by atoms with Gasteiger partial charge in [-0.3, -0.25) is 10.1 Å². The maximum atomic E-state index is 11.8. The summed E-state index contributed by atoms with van der Waals surface area (Å²) in [4.78, 5) is 33.9. The second-order valence-corrected chi connectivity index (χ2v) is 6.99. The highest BCUT2D eigenvalue weighted by atomic mass is 16.7. The van der Waals surface area contributed by atoms with Gasteiger partial charge in [-0.2, -0.15) is 0 Å². The van der Waals surface area contributed by atoms with Gasteiger partial charge < -0.3 is 14.8 Å². The van der Waals surface area contributed by atoms with Gasteiger partial charge in [0.25, 0.3) is 12.0 Å². The third-order valence-corrected chi connectivity index (χ3v) is 4.13. The van der Waals surface area contributed by atoms with Crippen molar-refractivity contribution in [3.8, 4) is 0 Å². The van der Waals surface area contributed by atoms with Gasteiger partial charge in [-0.05, 0) is 49.2 Å². The van der Waals surface area contributed by atoms with Gasteiger partial charge in [-0.25, -0.2) is 9.59 Å². The molecule has 0 unspecified atom stereocenters. The van der Waals surface area contributed by atoms with E-state index in [4.69, 9.17) is 9.47 Å². The minimum Gasteiger partial charge on any atom is -0.420 e. The Balaban J connectivity index is 1.98. The van der Waals surface area contributed by atoms with Crippen LogP contribution in [-0.4, -0.2) is 29.7 Å². The molecule has 2 aromatic carbocycles. The van der Waals surface area contributed by atoms with Gasteiger partial charge in [0.05, 0.1) is 11.5 Å². The summed E-state index contributed by atoms with van der Waals surface area (Å²) in [6.45, 7) is 10.1. The van der Waals surface area contributed by atoms with Gasteiger partial charge in [0.1, 0.15) is 0 Å². The Morgan fingerprint density at radius 2 is 1.38 bits per heavy atom. The first-order valence-corrected chi connectivity index (χ1v) is 9.65. The van der Waals surface area contributed by atoms with Crippen LogP contribution in [0.25, 0.3) is 12.2 Å². The smallest absolute Gasteiger partial charge is 0.336 e. The van der Waals surface area contributed by atoms with Crippen molar-refractivity contribution in [2.45, 2.75) is 20.1 Å². The predicted molar refractivity (Wildman–Crippen MR) is 123 cm³/mol. The molecule has 0 saturated heterocycles. The fourth-order valence-corrected chi connectivity index (χ4v) is 2.36. The molecule has 2 rings (SSSR count). The van der Waals surface area contributed by atoms with Crippen LogP contribution < -0.4 is 5.32 Å². The molecule has 0 radical (unpaired) electrons. The van der Waals surface area contributed by atoms with E-state index in [1.165, 1.54) is 26.0 Å². The lowest BCUT2D eigenvalue weighted by molar-refractivity contribution is -0.384. The van der Waals surface area contributed by atoms with Gasteiger partial charge in [-0.15, -0.1) is 0 Å². The number of carbonyl (C=O) groups is 2. The number of non-ortho nitro benzene ring substituents is 1. The Bertz CT molecular complexity index is 1010. The summed E-state index contributed by atoms with van der Waals surface area (Å²) < 4.78 is 10.3. The van der Waals surface area contributed by atoms with E-state index in [2.05, 4.69) is 18.5 Å². The zero-order valence-corrected chi connectivity index (χ0v) is 17.9. The van der Waals surface area contributed by atoms with Crippen molar-refractivity contribution in [1.82, 2.24) is 0 Å². The van der Waals surface area contributed by atoms with Crippen LogP contribution in [0.2, 0.25) is 0 Å². The van der Waals surface area contributed by atoms with E-state index in [1.54, 1.807) is 12.1 Å². The summed E-state index contributed by atoms with van der Waals surface area (Å²) in [5.41, 5.74) is 2.88. The summed E-state index contributed by atoms with van der Waals surface area (Å²) in [7, 11) is 0. The molecule has 0 fully saturated rings. The van der Waals surface area contributed by atoms with Crippen LogP contribution in [0.5, 0.6) is 0 Å². The topological polar surface area (TPSA) is 108 Å². The highest BCUT2D eigenvalue weighted by Crippen LogP contribution is 2.16. The van der Waals surface area contributed by atoms with Gasteiger partial charge in [0, 0.05) is 29.0 Å². The number of benzene rings is 2. The van der Waals surface area contributed by atoms with E-state index in [9.17, 15) is 19.7 Å². The van der Waals surface area contributed by atoms with Crippen molar-refractivity contribution < 1.29 is 24.0 Å². The molecule has 8 nitrogen and oxygen atoms in total. The van der Waals surface area contributed by atoms with Crippen molar-refractivity contribution in [1.29, 1.82) is 0 Å². The number of hydrogen-bond donors (Lipinski definition) is 1. The lowest BCUT2D eigenvalue weighted by Gasteiger charge is -2.19. The first kappa shape index (κ1) is 24.1. The van der Waals surface area contributed by atoms with E-state index in [1.807, 2.05) is 36.4 Å². The second-order valence-electron chi connectivity index (χ2n) is 6.99. The highest BCUT2D eigenvalue weighted by Gasteiger charge is 2.19. The third-order valence-electron chi connectivity index (χ3n) is 4.13. The van der Waals surface area contributed by atoms with Gasteiger partial charge in [0.2, 0.25) is 0 Å². The lowest BCUT2D eigenvalue weighted by Crippen LogP contribution is -2.31. The Morgan fingerprint density at radius 1 is 0.938 bits per heavy atom. The number of anilines is 1. The van der Waals surface area contributed by atoms with E-state index >= 15 is 0 Å². The first-order chi connectivity index (χ1) is 15.2. The minimum absolute atomic E-state index is 0.0377. The monoisotopic (exact) mass is 436 g/mol. The van der Waals surface area contributed by atoms with Gasteiger partial charge >= 0.3 is 11.9 Å². The molecule has 166 valence electrons. The molecular weight excluding hydrogens is 412 g/mol. The Kier molecular flexibility index (Phi) is 8.47. The quantitative estimate of drug-likeness (QED) is 0.143. The fourth-order valence-electron chi connectivity index (χ4n) is 2.36. The minimum atomic E-state index is -1.15. The molecule has 0 aliphatic heterocycles. The number of hydrogen-bond acceptors (Lipinski definition) is 7. The molecule has 0 aliphatic carbocycles. The number of nitro benzene ring substituents is 1. The zero-order valence-electron chi connectivity index (χ0n) is 17.9. The van der Waals surface area contributed by atoms with Crippen LogP contribution in [-0.2, 0) is 19.1 Å². The molecule has 32 heavy (non-hydrogen) atoms. The SMILES string of the molecule is C=C(C)C(=O)OC(CNc1ccc(C=Cc2ccc([N+](=O)[O-])cc2)cc1)OC(=O)C(=C)C. The molecule has 0 spiro atoms. The number of carbonyl (C=O) groups excluding carboxylic acids is 2. The Morgan fingerprint density at radius 3 is 1.78 bits per heavy atom. The summed E-state index contributed by atoms with van der Waals surface area (Å²) in [5, 5.41) is 13.8. The second kappa shape index (κ2) is 11.3. The molecule has 0 aliphatic rings.